The second-order valence-corrected chi connectivity index (χ2v) is 11.2. The van der Waals surface area contributed by atoms with E-state index in [1.54, 1.807) is 0 Å². The molecule has 4 saturated heterocycles. The lowest BCUT2D eigenvalue weighted by Gasteiger charge is -2.30. The molecule has 4 heterocycles. The van der Waals surface area contributed by atoms with Crippen LogP contribution in [0, 0.1) is 5.92 Å². The smallest absolute Gasteiger partial charge is 0.0483 e. The van der Waals surface area contributed by atoms with Gasteiger partial charge in [0.25, 0.3) is 0 Å². The quantitative estimate of drug-likeness (QED) is 0.315. The predicted octanol–water partition coefficient (Wildman–Crippen LogP) is 7.55. The lowest BCUT2D eigenvalue weighted by Crippen LogP contribution is -2.46. The number of hydrogen-bond acceptors (Lipinski definition) is 6. The molecule has 0 aromatic heterocycles. The monoisotopic (exact) mass is 589 g/mol. The normalized spacial score (nSPS) is 20.3. The molecule has 254 valence electrons. The van der Waals surface area contributed by atoms with Crippen molar-refractivity contribution in [1.82, 2.24) is 30.7 Å². The van der Waals surface area contributed by atoms with Gasteiger partial charge in [-0.15, -0.1) is 0 Å². The van der Waals surface area contributed by atoms with Gasteiger partial charge in [0.2, 0.25) is 0 Å². The van der Waals surface area contributed by atoms with Crippen LogP contribution < -0.4 is 16.0 Å². The zero-order valence-electron chi connectivity index (χ0n) is 31.6. The van der Waals surface area contributed by atoms with E-state index in [2.05, 4.69) is 86.0 Å². The molecule has 0 aromatic rings. The molecule has 3 N–H and O–H groups in total. The van der Waals surface area contributed by atoms with Gasteiger partial charge in [-0.05, 0) is 92.8 Å². The lowest BCUT2D eigenvalue weighted by atomic mass is 10.0. The number of nitrogens with one attached hydrogen (secondary N) is 3. The maximum atomic E-state index is 3.46. The summed E-state index contributed by atoms with van der Waals surface area (Å²) in [5.41, 5.74) is 0. The highest BCUT2D eigenvalue weighted by Crippen LogP contribution is 2.12. The van der Waals surface area contributed by atoms with E-state index in [0.29, 0.717) is 6.04 Å². The third-order valence-electron chi connectivity index (χ3n) is 7.28. The first-order chi connectivity index (χ1) is 19.7. The zero-order valence-corrected chi connectivity index (χ0v) is 31.6. The topological polar surface area (TPSA) is 45.8 Å². The summed E-state index contributed by atoms with van der Waals surface area (Å²) in [6.45, 7) is 46.2. The average Bonchev–Trinajstić information content (AvgIpc) is 3.83. The Morgan fingerprint density at radius 2 is 0.854 bits per heavy atom. The maximum absolute atomic E-state index is 3.46. The van der Waals surface area contributed by atoms with Crippen molar-refractivity contribution < 1.29 is 0 Å². The fourth-order valence-electron chi connectivity index (χ4n) is 4.70. The number of likely N-dealkylation sites (tertiary alicyclic amines) is 1. The van der Waals surface area contributed by atoms with Crippen LogP contribution in [0.4, 0.5) is 0 Å². The third-order valence-corrected chi connectivity index (χ3v) is 7.28. The van der Waals surface area contributed by atoms with Gasteiger partial charge < -0.3 is 20.9 Å². The van der Waals surface area contributed by atoms with Crippen LogP contribution in [0.5, 0.6) is 0 Å². The second-order valence-electron chi connectivity index (χ2n) is 11.2. The zero-order chi connectivity index (χ0) is 32.6. The van der Waals surface area contributed by atoms with Crippen molar-refractivity contribution in [2.75, 3.05) is 65.6 Å². The highest BCUT2D eigenvalue weighted by molar-refractivity contribution is 4.76. The van der Waals surface area contributed by atoms with E-state index in [9.17, 15) is 0 Å². The minimum absolute atomic E-state index is 0.713. The summed E-state index contributed by atoms with van der Waals surface area (Å²) in [6, 6.07) is 3.03. The van der Waals surface area contributed by atoms with E-state index in [1.807, 2.05) is 55.4 Å². The number of rotatable bonds is 4. The van der Waals surface area contributed by atoms with Crippen LogP contribution in [0.1, 0.15) is 136 Å². The minimum Gasteiger partial charge on any atom is -0.314 e. The van der Waals surface area contributed by atoms with Crippen molar-refractivity contribution in [1.29, 1.82) is 0 Å². The highest BCUT2D eigenvalue weighted by Gasteiger charge is 2.16. The highest BCUT2D eigenvalue weighted by atomic mass is 15.3. The largest absolute Gasteiger partial charge is 0.314 e. The Bertz CT molecular complexity index is 384. The van der Waals surface area contributed by atoms with Gasteiger partial charge in [0.15, 0.2) is 0 Å². The van der Waals surface area contributed by atoms with Gasteiger partial charge in [-0.3, -0.25) is 9.80 Å². The molecule has 0 aromatic carbocycles. The first-order valence-corrected chi connectivity index (χ1v) is 18.1. The van der Waals surface area contributed by atoms with E-state index < -0.39 is 0 Å². The Morgan fingerprint density at radius 3 is 1.07 bits per heavy atom. The standard InChI is InChI=1S/C7H16N2.2C7H15N.C6H14N2.4C2H6/c1-7(2)9-5-3-8-4-6-9;1-7(2)8-5-3-4-6-8;1-6(2)7-4-3-5-8-7;1-6(2)8-4-3-7-5-8;4*1-2/h7-8H,3-6H2,1-2H3;7H,3-6H2,1-2H3;6-8H,3-5H2,1-2H3;6-7H,3-5H2,1-2H3;4*1-2H3. The van der Waals surface area contributed by atoms with E-state index in [0.717, 1.165) is 50.3 Å². The van der Waals surface area contributed by atoms with Crippen molar-refractivity contribution in [2.24, 2.45) is 5.92 Å². The van der Waals surface area contributed by atoms with Crippen LogP contribution in [-0.4, -0.2) is 104 Å². The Kier molecular flexibility index (Phi) is 41.8. The van der Waals surface area contributed by atoms with Gasteiger partial charge in [0.1, 0.15) is 0 Å². The molecule has 6 heteroatoms. The molecule has 0 amide bonds. The molecule has 4 aliphatic rings. The Labute approximate surface area is 262 Å². The summed E-state index contributed by atoms with van der Waals surface area (Å²) in [7, 11) is 0. The van der Waals surface area contributed by atoms with Crippen LogP contribution in [0.2, 0.25) is 0 Å². The van der Waals surface area contributed by atoms with Crippen molar-refractivity contribution in [3.63, 3.8) is 0 Å². The molecule has 4 fully saturated rings. The van der Waals surface area contributed by atoms with Crippen LogP contribution in [-0.2, 0) is 0 Å². The summed E-state index contributed by atoms with van der Waals surface area (Å²) in [6.07, 6.45) is 5.59. The van der Waals surface area contributed by atoms with Gasteiger partial charge in [0, 0.05) is 70.1 Å². The summed E-state index contributed by atoms with van der Waals surface area (Å²) in [4.78, 5) is 7.44. The molecule has 1 unspecified atom stereocenters. The number of piperazine rings is 1. The summed E-state index contributed by atoms with van der Waals surface area (Å²) >= 11 is 0. The molecule has 0 spiro atoms. The number of hydrogen-bond donors (Lipinski definition) is 3. The van der Waals surface area contributed by atoms with Gasteiger partial charge >= 0.3 is 0 Å². The molecule has 0 saturated carbocycles. The lowest BCUT2D eigenvalue weighted by molar-refractivity contribution is 0.196. The first-order valence-electron chi connectivity index (χ1n) is 18.1. The minimum atomic E-state index is 0.713. The van der Waals surface area contributed by atoms with Gasteiger partial charge in [0.05, 0.1) is 0 Å². The van der Waals surface area contributed by atoms with Crippen LogP contribution >= 0.6 is 0 Å². The van der Waals surface area contributed by atoms with Crippen molar-refractivity contribution >= 4 is 0 Å². The van der Waals surface area contributed by atoms with Crippen molar-refractivity contribution in [2.45, 2.75) is 161 Å². The van der Waals surface area contributed by atoms with Crippen molar-refractivity contribution in [3.05, 3.63) is 0 Å². The Morgan fingerprint density at radius 1 is 0.463 bits per heavy atom. The Balaban J connectivity index is -0.000000206. The summed E-state index contributed by atoms with van der Waals surface area (Å²) in [5, 5.41) is 10.1. The van der Waals surface area contributed by atoms with Crippen LogP contribution in [0.15, 0.2) is 0 Å². The summed E-state index contributed by atoms with van der Waals surface area (Å²) in [5.74, 6) is 0.831. The molecule has 0 bridgehead atoms. The van der Waals surface area contributed by atoms with E-state index in [4.69, 9.17) is 0 Å². The third kappa shape index (κ3) is 28.3. The van der Waals surface area contributed by atoms with Crippen LogP contribution in [0.3, 0.4) is 0 Å². The SMILES string of the molecule is CC.CC.CC.CC.CC(C)C1CCCN1.CC(C)N1CCCC1.CC(C)N1CCNC1.CC(C)N1CCNCC1. The predicted molar refractivity (Wildman–Crippen MR) is 191 cm³/mol. The molecule has 1 atom stereocenters. The Hall–Kier alpha value is -0.240. The second kappa shape index (κ2) is 36.0. The van der Waals surface area contributed by atoms with E-state index in [1.165, 1.54) is 65.0 Å². The molecular weight excluding hydrogens is 504 g/mol. The van der Waals surface area contributed by atoms with Gasteiger partial charge in [-0.25, -0.2) is 0 Å². The first kappa shape index (κ1) is 47.7. The average molecular weight is 589 g/mol. The number of nitrogens with zero attached hydrogens (tertiary/aromatic N) is 3. The molecule has 41 heavy (non-hydrogen) atoms. The fourth-order valence-corrected chi connectivity index (χ4v) is 4.70. The van der Waals surface area contributed by atoms with Gasteiger partial charge in [-0.1, -0.05) is 69.2 Å². The van der Waals surface area contributed by atoms with E-state index in [-0.39, 0.29) is 0 Å². The molecule has 0 radical (unpaired) electrons. The molecule has 6 nitrogen and oxygen atoms in total. The molecule has 4 aliphatic heterocycles. The van der Waals surface area contributed by atoms with Gasteiger partial charge in [-0.2, -0.15) is 0 Å². The maximum Gasteiger partial charge on any atom is 0.0483 e. The molecular formula is C35H84N6. The van der Waals surface area contributed by atoms with E-state index >= 15 is 0 Å². The fraction of sp³-hybridized carbons (Fsp3) is 1.00. The molecule has 0 aliphatic carbocycles. The van der Waals surface area contributed by atoms with Crippen molar-refractivity contribution in [3.8, 4) is 0 Å². The molecule has 4 rings (SSSR count). The summed E-state index contributed by atoms with van der Waals surface area (Å²) < 4.78 is 0. The van der Waals surface area contributed by atoms with Crippen LogP contribution in [0.25, 0.3) is 0 Å².